The number of benzene rings is 1. The first-order valence-corrected chi connectivity index (χ1v) is 7.12. The van der Waals surface area contributed by atoms with E-state index in [0.717, 1.165) is 17.0 Å². The zero-order valence-electron chi connectivity index (χ0n) is 11.5. The number of rotatable bonds is 2. The summed E-state index contributed by atoms with van der Waals surface area (Å²) in [6.07, 6.45) is 0.826. The quantitative estimate of drug-likeness (QED) is 0.818. The number of aliphatic imine (C=N–C) groups is 1. The molecule has 0 bridgehead atoms. The number of carbonyl (C=O) groups excluding carboxylic acids is 1. The van der Waals surface area contributed by atoms with Gasteiger partial charge in [0.05, 0.1) is 11.2 Å². The summed E-state index contributed by atoms with van der Waals surface area (Å²) in [6, 6.07) is 9.67. The molecule has 1 saturated heterocycles. The Hall–Kier alpha value is -1.55. The Morgan fingerprint density at radius 2 is 2.05 bits per heavy atom. The number of amidine groups is 1. The topological polar surface area (TPSA) is 32.7 Å². The number of para-hydroxylation sites is 1. The van der Waals surface area contributed by atoms with Gasteiger partial charge in [0, 0.05) is 11.8 Å². The Morgan fingerprint density at radius 3 is 2.58 bits per heavy atom. The number of carbonyl (C=O) groups is 1. The van der Waals surface area contributed by atoms with Crippen LogP contribution in [0.3, 0.4) is 0 Å². The fraction of sp³-hybridized carbons (Fsp3) is 0.333. The second kappa shape index (κ2) is 5.21. The third-order valence-corrected chi connectivity index (χ3v) is 4.63. The number of thioether (sulfide) groups is 1. The molecule has 0 saturated carbocycles. The predicted octanol–water partition coefficient (Wildman–Crippen LogP) is 3.95. The number of hydrogen-bond acceptors (Lipinski definition) is 3. The highest BCUT2D eigenvalue weighted by atomic mass is 32.2. The van der Waals surface area contributed by atoms with Crippen LogP contribution in [0.15, 0.2) is 46.8 Å². The molecule has 1 amide bonds. The number of nitrogens with zero attached hydrogens (tertiary/aromatic N) is 2. The molecule has 1 aliphatic rings. The van der Waals surface area contributed by atoms with Crippen molar-refractivity contribution in [2.45, 2.75) is 32.7 Å². The minimum absolute atomic E-state index is 0.00480. The van der Waals surface area contributed by atoms with E-state index in [9.17, 15) is 4.79 Å². The van der Waals surface area contributed by atoms with Crippen molar-refractivity contribution in [2.75, 3.05) is 0 Å². The molecule has 1 atom stereocenters. The van der Waals surface area contributed by atoms with Gasteiger partial charge in [0.15, 0.2) is 5.17 Å². The predicted molar refractivity (Wildman–Crippen MR) is 81.5 cm³/mol. The van der Waals surface area contributed by atoms with Gasteiger partial charge in [-0.25, -0.2) is 4.99 Å². The van der Waals surface area contributed by atoms with Crippen LogP contribution in [0.2, 0.25) is 0 Å². The van der Waals surface area contributed by atoms with E-state index in [4.69, 9.17) is 0 Å². The fourth-order valence-corrected chi connectivity index (χ4v) is 3.37. The van der Waals surface area contributed by atoms with Gasteiger partial charge in [-0.2, -0.15) is 0 Å². The second-order valence-corrected chi connectivity index (χ2v) is 5.80. The van der Waals surface area contributed by atoms with Crippen molar-refractivity contribution in [3.63, 3.8) is 0 Å². The van der Waals surface area contributed by atoms with Gasteiger partial charge in [-0.1, -0.05) is 43.5 Å². The summed E-state index contributed by atoms with van der Waals surface area (Å²) >= 11 is 1.49. The SMILES string of the molecule is C=C1SC(=Nc2ccccc2)N(C(C)=O)[C@]1(C)CC. The molecule has 1 aromatic rings. The van der Waals surface area contributed by atoms with Crippen molar-refractivity contribution in [2.24, 2.45) is 4.99 Å². The summed E-state index contributed by atoms with van der Waals surface area (Å²) in [5.41, 5.74) is 0.508. The van der Waals surface area contributed by atoms with Crippen molar-refractivity contribution < 1.29 is 4.79 Å². The van der Waals surface area contributed by atoms with Crippen LogP contribution in [0, 0.1) is 0 Å². The lowest BCUT2D eigenvalue weighted by Crippen LogP contribution is -2.46. The van der Waals surface area contributed by atoms with Crippen LogP contribution in [0.1, 0.15) is 27.2 Å². The molecular weight excluding hydrogens is 256 g/mol. The molecule has 3 nitrogen and oxygen atoms in total. The first-order valence-electron chi connectivity index (χ1n) is 6.31. The fourth-order valence-electron chi connectivity index (χ4n) is 2.12. The summed E-state index contributed by atoms with van der Waals surface area (Å²) in [6.45, 7) is 9.77. The van der Waals surface area contributed by atoms with Crippen LogP contribution in [0.4, 0.5) is 5.69 Å². The molecule has 0 unspecified atom stereocenters. The maximum atomic E-state index is 12.0. The van der Waals surface area contributed by atoms with Gasteiger partial charge in [0.2, 0.25) is 5.91 Å². The van der Waals surface area contributed by atoms with Crippen molar-refractivity contribution in [3.05, 3.63) is 41.8 Å². The molecule has 0 aliphatic carbocycles. The van der Waals surface area contributed by atoms with Gasteiger partial charge in [0.1, 0.15) is 0 Å². The van der Waals surface area contributed by atoms with Crippen LogP contribution in [-0.4, -0.2) is 21.5 Å². The van der Waals surface area contributed by atoms with E-state index >= 15 is 0 Å². The Balaban J connectivity index is 2.44. The zero-order chi connectivity index (χ0) is 14.0. The van der Waals surface area contributed by atoms with Gasteiger partial charge in [0.25, 0.3) is 0 Å². The lowest BCUT2D eigenvalue weighted by molar-refractivity contribution is -0.127. The molecule has 0 spiro atoms. The Kier molecular flexibility index (Phi) is 3.80. The minimum atomic E-state index is -0.343. The summed E-state index contributed by atoms with van der Waals surface area (Å²) in [5, 5.41) is 0.716. The highest BCUT2D eigenvalue weighted by Gasteiger charge is 2.45. The molecule has 2 rings (SSSR count). The van der Waals surface area contributed by atoms with Crippen LogP contribution >= 0.6 is 11.8 Å². The Morgan fingerprint density at radius 1 is 1.42 bits per heavy atom. The Bertz CT molecular complexity index is 538. The van der Waals surface area contributed by atoms with Crippen molar-refractivity contribution in [3.8, 4) is 0 Å². The van der Waals surface area contributed by atoms with Gasteiger partial charge in [-0.3, -0.25) is 9.69 Å². The van der Waals surface area contributed by atoms with Crippen LogP contribution in [0.25, 0.3) is 0 Å². The normalized spacial score (nSPS) is 25.1. The second-order valence-electron chi connectivity index (χ2n) is 4.74. The monoisotopic (exact) mass is 274 g/mol. The molecule has 0 radical (unpaired) electrons. The molecule has 1 aromatic carbocycles. The van der Waals surface area contributed by atoms with E-state index in [1.165, 1.54) is 11.8 Å². The molecule has 0 N–H and O–H groups in total. The van der Waals surface area contributed by atoms with Crippen molar-refractivity contribution >= 4 is 28.5 Å². The number of amides is 1. The van der Waals surface area contributed by atoms with Crippen LogP contribution in [-0.2, 0) is 4.79 Å². The lowest BCUT2D eigenvalue weighted by Gasteiger charge is -2.32. The first kappa shape index (κ1) is 13.9. The van der Waals surface area contributed by atoms with Gasteiger partial charge >= 0.3 is 0 Å². The van der Waals surface area contributed by atoms with E-state index in [2.05, 4.69) is 18.5 Å². The van der Waals surface area contributed by atoms with E-state index in [1.54, 1.807) is 11.8 Å². The molecular formula is C15H18N2OS. The third-order valence-electron chi connectivity index (χ3n) is 3.48. The van der Waals surface area contributed by atoms with E-state index in [1.807, 2.05) is 37.3 Å². The zero-order valence-corrected chi connectivity index (χ0v) is 12.3. The standard InChI is InChI=1S/C15H18N2OS/c1-5-15(4)11(2)19-14(17(15)12(3)18)16-13-9-7-6-8-10-13/h6-10H,2,5H2,1,3-4H3/t15-/m1/s1. The van der Waals surface area contributed by atoms with Gasteiger partial charge in [-0.05, 0) is 25.5 Å². The van der Waals surface area contributed by atoms with E-state index in [0.29, 0.717) is 5.17 Å². The number of hydrogen-bond donors (Lipinski definition) is 0. The molecule has 1 aliphatic heterocycles. The molecule has 19 heavy (non-hydrogen) atoms. The largest absolute Gasteiger partial charge is 0.281 e. The molecule has 100 valence electrons. The van der Waals surface area contributed by atoms with Crippen LogP contribution in [0.5, 0.6) is 0 Å². The van der Waals surface area contributed by atoms with Crippen molar-refractivity contribution in [1.82, 2.24) is 4.90 Å². The van der Waals surface area contributed by atoms with Crippen molar-refractivity contribution in [1.29, 1.82) is 0 Å². The minimum Gasteiger partial charge on any atom is -0.281 e. The summed E-state index contributed by atoms with van der Waals surface area (Å²) < 4.78 is 0. The lowest BCUT2D eigenvalue weighted by atomic mass is 9.97. The molecule has 4 heteroatoms. The maximum Gasteiger partial charge on any atom is 0.226 e. The average molecular weight is 274 g/mol. The maximum absolute atomic E-state index is 12.0. The molecule has 1 fully saturated rings. The molecule has 1 heterocycles. The third kappa shape index (κ3) is 2.45. The highest BCUT2D eigenvalue weighted by Crippen LogP contribution is 2.45. The smallest absolute Gasteiger partial charge is 0.226 e. The Labute approximate surface area is 118 Å². The summed E-state index contributed by atoms with van der Waals surface area (Å²) in [5.74, 6) is 0.00480. The molecule has 0 aromatic heterocycles. The van der Waals surface area contributed by atoms with Gasteiger partial charge < -0.3 is 0 Å². The van der Waals surface area contributed by atoms with Crippen LogP contribution < -0.4 is 0 Å². The van der Waals surface area contributed by atoms with E-state index < -0.39 is 0 Å². The average Bonchev–Trinajstić information content (AvgIpc) is 2.63. The highest BCUT2D eigenvalue weighted by molar-refractivity contribution is 8.17. The first-order chi connectivity index (χ1) is 8.99. The van der Waals surface area contributed by atoms with E-state index in [-0.39, 0.29) is 11.4 Å². The van der Waals surface area contributed by atoms with Gasteiger partial charge in [-0.15, -0.1) is 0 Å². The summed E-state index contributed by atoms with van der Waals surface area (Å²) in [7, 11) is 0. The summed E-state index contributed by atoms with van der Waals surface area (Å²) in [4.78, 5) is 19.3.